The highest BCUT2D eigenvalue weighted by Crippen LogP contribution is 2.57. The lowest BCUT2D eigenvalue weighted by molar-refractivity contribution is -0.168. The van der Waals surface area contributed by atoms with Crippen LogP contribution in [0.5, 0.6) is 0 Å². The fourth-order valence-electron chi connectivity index (χ4n) is 4.09. The molecule has 1 aromatic heterocycles. The second-order valence-electron chi connectivity index (χ2n) is 8.55. The summed E-state index contributed by atoms with van der Waals surface area (Å²) in [6.07, 6.45) is -3.43. The van der Waals surface area contributed by atoms with Gasteiger partial charge in [-0.1, -0.05) is 23.7 Å². The number of carbonyl (C=O) groups excluding carboxylic acids is 1. The summed E-state index contributed by atoms with van der Waals surface area (Å²) in [4.78, 5) is 36.9. The molecule has 2 aliphatic rings. The second-order valence-corrected chi connectivity index (χ2v) is 10.6. The van der Waals surface area contributed by atoms with Gasteiger partial charge in [0.25, 0.3) is 5.56 Å². The number of hydrogen-bond donors (Lipinski definition) is 1. The molecule has 3 heterocycles. The zero-order chi connectivity index (χ0) is 26.8. The number of aromatic nitrogens is 2. The standard InChI is InChI=1S/C22H25ClFN2O10P/c1-13(27)31-12-32-19-17(35-20(22(19,2)24)26-8-6-18(28)25-21(26)29)11-34-37(30)33-9-7-16(36-37)14-4-3-5-15(23)10-14/h3-6,8,10,16-17,19-20H,7,9,11-12H2,1-2H3,(H,25,28,29)/t16-,17+,19+,20+,22+,37?/m0/s1. The van der Waals surface area contributed by atoms with Gasteiger partial charge < -0.3 is 14.2 Å². The molecule has 2 aliphatic heterocycles. The normalized spacial score (nSPS) is 31.8. The van der Waals surface area contributed by atoms with Crippen molar-refractivity contribution in [2.45, 2.75) is 50.5 Å². The first-order chi connectivity index (χ1) is 17.5. The van der Waals surface area contributed by atoms with Crippen LogP contribution in [-0.2, 0) is 37.1 Å². The molecule has 4 rings (SSSR count). The Morgan fingerprint density at radius 3 is 2.84 bits per heavy atom. The third kappa shape index (κ3) is 6.37. The van der Waals surface area contributed by atoms with Gasteiger partial charge >= 0.3 is 19.5 Å². The number of benzene rings is 1. The molecule has 2 saturated heterocycles. The lowest BCUT2D eigenvalue weighted by Crippen LogP contribution is -2.45. The highest BCUT2D eigenvalue weighted by Gasteiger charge is 2.57. The van der Waals surface area contributed by atoms with Gasteiger partial charge in [-0.15, -0.1) is 0 Å². The molecule has 2 aromatic rings. The van der Waals surface area contributed by atoms with Crippen molar-refractivity contribution in [3.8, 4) is 0 Å². The van der Waals surface area contributed by atoms with Crippen molar-refractivity contribution in [1.29, 1.82) is 0 Å². The number of rotatable bonds is 8. The maximum absolute atomic E-state index is 16.0. The molecule has 0 spiro atoms. The Hall–Kier alpha value is -2.38. The number of carbonyl (C=O) groups is 1. The lowest BCUT2D eigenvalue weighted by atomic mass is 9.98. The van der Waals surface area contributed by atoms with Gasteiger partial charge in [-0.2, -0.15) is 0 Å². The predicted octanol–water partition coefficient (Wildman–Crippen LogP) is 3.02. The van der Waals surface area contributed by atoms with E-state index >= 15 is 4.39 Å². The van der Waals surface area contributed by atoms with E-state index in [1.165, 1.54) is 0 Å². The topological polar surface area (TPSA) is 144 Å². The third-order valence-electron chi connectivity index (χ3n) is 5.80. The van der Waals surface area contributed by atoms with Gasteiger partial charge in [0.05, 0.1) is 19.3 Å². The maximum atomic E-state index is 16.0. The summed E-state index contributed by atoms with van der Waals surface area (Å²) in [5.41, 5.74) is -3.31. The fraction of sp³-hybridized carbons (Fsp3) is 0.500. The van der Waals surface area contributed by atoms with Crippen LogP contribution in [0.1, 0.15) is 38.2 Å². The minimum absolute atomic E-state index is 0.0581. The SMILES string of the molecule is CC(=O)OCO[C@@H]1[C@@H](COP2(=O)OCC[C@@H](c3cccc(Cl)c3)O2)O[C@@H](n2ccc(=O)[nH]c2=O)[C@]1(C)F. The summed E-state index contributed by atoms with van der Waals surface area (Å²) >= 11 is 6.04. The van der Waals surface area contributed by atoms with Crippen LogP contribution in [0.4, 0.5) is 4.39 Å². The van der Waals surface area contributed by atoms with E-state index in [1.807, 2.05) is 4.98 Å². The van der Waals surface area contributed by atoms with Crippen molar-refractivity contribution in [2.75, 3.05) is 20.0 Å². The number of H-pyrrole nitrogens is 1. The van der Waals surface area contributed by atoms with E-state index in [-0.39, 0.29) is 6.61 Å². The van der Waals surface area contributed by atoms with Crippen molar-refractivity contribution < 1.29 is 41.5 Å². The Morgan fingerprint density at radius 1 is 1.35 bits per heavy atom. The fourth-order valence-corrected chi connectivity index (χ4v) is 5.68. The summed E-state index contributed by atoms with van der Waals surface area (Å²) in [6.45, 7) is 1.17. The Morgan fingerprint density at radius 2 is 2.14 bits per heavy atom. The average molecular weight is 563 g/mol. The molecule has 0 radical (unpaired) electrons. The molecule has 0 aliphatic carbocycles. The lowest BCUT2D eigenvalue weighted by Gasteiger charge is -2.30. The number of ether oxygens (including phenoxy) is 3. The first kappa shape index (κ1) is 27.6. The molecular weight excluding hydrogens is 538 g/mol. The van der Waals surface area contributed by atoms with Gasteiger partial charge in [0.15, 0.2) is 18.7 Å². The smallest absolute Gasteiger partial charge is 0.439 e. The van der Waals surface area contributed by atoms with E-state index in [0.717, 1.165) is 30.7 Å². The Balaban J connectivity index is 1.52. The molecule has 0 bridgehead atoms. The highest BCUT2D eigenvalue weighted by molar-refractivity contribution is 7.48. The third-order valence-corrected chi connectivity index (χ3v) is 7.51. The van der Waals surface area contributed by atoms with Gasteiger partial charge in [0.1, 0.15) is 12.2 Å². The molecule has 12 nitrogen and oxygen atoms in total. The maximum Gasteiger partial charge on any atom is 0.475 e. The minimum atomic E-state index is -4.12. The summed E-state index contributed by atoms with van der Waals surface area (Å²) < 4.78 is 62.4. The van der Waals surface area contributed by atoms with Gasteiger partial charge in [0.2, 0.25) is 0 Å². The van der Waals surface area contributed by atoms with Crippen LogP contribution in [-0.4, -0.2) is 53.4 Å². The van der Waals surface area contributed by atoms with E-state index in [4.69, 9.17) is 39.4 Å². The van der Waals surface area contributed by atoms with Crippen LogP contribution >= 0.6 is 19.4 Å². The van der Waals surface area contributed by atoms with Crippen molar-refractivity contribution in [1.82, 2.24) is 9.55 Å². The molecule has 2 fully saturated rings. The number of halogens is 2. The quantitative estimate of drug-likeness (QED) is 0.289. The van der Waals surface area contributed by atoms with E-state index in [0.29, 0.717) is 17.0 Å². The Kier molecular flexibility index (Phi) is 8.34. The van der Waals surface area contributed by atoms with Gasteiger partial charge in [-0.25, -0.2) is 13.8 Å². The zero-order valence-electron chi connectivity index (χ0n) is 19.8. The predicted molar refractivity (Wildman–Crippen MR) is 126 cm³/mol. The Bertz CT molecular complexity index is 1300. The first-order valence-corrected chi connectivity index (χ1v) is 13.1. The van der Waals surface area contributed by atoms with Crippen molar-refractivity contribution in [3.05, 3.63) is 68.0 Å². The summed E-state index contributed by atoms with van der Waals surface area (Å²) in [6, 6.07) is 7.86. The molecule has 1 unspecified atom stereocenters. The van der Waals surface area contributed by atoms with Crippen molar-refractivity contribution in [3.63, 3.8) is 0 Å². The van der Waals surface area contributed by atoms with E-state index in [1.54, 1.807) is 24.3 Å². The molecular formula is C22H25ClFN2O10P. The van der Waals surface area contributed by atoms with Crippen LogP contribution in [0.3, 0.4) is 0 Å². The minimum Gasteiger partial charge on any atom is -0.439 e. The molecule has 202 valence electrons. The molecule has 37 heavy (non-hydrogen) atoms. The van der Waals surface area contributed by atoms with Crippen molar-refractivity contribution in [2.24, 2.45) is 0 Å². The van der Waals surface area contributed by atoms with Crippen LogP contribution in [0.25, 0.3) is 0 Å². The van der Waals surface area contributed by atoms with Gasteiger partial charge in [0, 0.05) is 30.6 Å². The number of phosphoric acid groups is 1. The number of nitrogens with one attached hydrogen (secondary N) is 1. The number of nitrogens with zero attached hydrogens (tertiary/aromatic N) is 1. The number of alkyl halides is 1. The van der Waals surface area contributed by atoms with E-state index in [2.05, 4.69) is 0 Å². The summed E-state index contributed by atoms with van der Waals surface area (Å²) in [5, 5.41) is 0.473. The summed E-state index contributed by atoms with van der Waals surface area (Å²) in [5.74, 6) is -0.666. The van der Waals surface area contributed by atoms with E-state index < -0.39 is 68.6 Å². The van der Waals surface area contributed by atoms with Crippen LogP contribution < -0.4 is 11.2 Å². The molecule has 1 N–H and O–H groups in total. The number of hydrogen-bond acceptors (Lipinski definition) is 10. The second kappa shape index (κ2) is 11.2. The molecule has 1 aromatic carbocycles. The number of esters is 1. The van der Waals surface area contributed by atoms with Gasteiger partial charge in [-0.3, -0.25) is 32.7 Å². The average Bonchev–Trinajstić information content (AvgIpc) is 3.07. The van der Waals surface area contributed by atoms with Crippen molar-refractivity contribution >= 4 is 25.4 Å². The molecule has 0 amide bonds. The number of phosphoric ester groups is 1. The molecule has 15 heteroatoms. The van der Waals surface area contributed by atoms with Crippen LogP contribution in [0.2, 0.25) is 5.02 Å². The number of aromatic amines is 1. The Labute approximate surface area is 215 Å². The van der Waals surface area contributed by atoms with E-state index in [9.17, 15) is 18.9 Å². The largest absolute Gasteiger partial charge is 0.475 e. The van der Waals surface area contributed by atoms with Crippen LogP contribution in [0.15, 0.2) is 46.1 Å². The molecule has 6 atom stereocenters. The summed E-state index contributed by atoms with van der Waals surface area (Å²) in [7, 11) is -4.12. The molecule has 0 saturated carbocycles. The van der Waals surface area contributed by atoms with Crippen LogP contribution in [0, 0.1) is 0 Å². The monoisotopic (exact) mass is 562 g/mol. The zero-order valence-corrected chi connectivity index (χ0v) is 21.5. The highest BCUT2D eigenvalue weighted by atomic mass is 35.5. The first-order valence-electron chi connectivity index (χ1n) is 11.2. The van der Waals surface area contributed by atoms with Gasteiger partial charge in [-0.05, 0) is 24.6 Å².